The highest BCUT2D eigenvalue weighted by atomic mass is 32.2. The van der Waals surface area contributed by atoms with Crippen molar-refractivity contribution in [1.29, 1.82) is 0 Å². The van der Waals surface area contributed by atoms with Crippen molar-refractivity contribution in [3.05, 3.63) is 0 Å². The van der Waals surface area contributed by atoms with E-state index >= 15 is 0 Å². The van der Waals surface area contributed by atoms with Crippen LogP contribution in [-0.4, -0.2) is 31.0 Å². The number of rotatable bonds is 11. The molecule has 0 heterocycles. The Morgan fingerprint density at radius 2 is 1.81 bits per heavy atom. The number of hydrogen-bond acceptors (Lipinski definition) is 3. The number of thiol groups is 1. The minimum atomic E-state index is 0.477. The minimum Gasteiger partial charge on any atom is -0.385 e. The van der Waals surface area contributed by atoms with E-state index in [1.165, 1.54) is 43.6 Å². The molecule has 0 aromatic heterocycles. The molecule has 16 heavy (non-hydrogen) atoms. The van der Waals surface area contributed by atoms with Gasteiger partial charge >= 0.3 is 0 Å². The zero-order chi connectivity index (χ0) is 12.3. The fourth-order valence-electron chi connectivity index (χ4n) is 2.13. The normalized spacial score (nSPS) is 12.0. The van der Waals surface area contributed by atoms with Crippen LogP contribution >= 0.6 is 24.4 Å². The summed E-state index contributed by atoms with van der Waals surface area (Å²) in [6.07, 6.45) is 6.36. The molecule has 0 radical (unpaired) electrons. The highest BCUT2D eigenvalue weighted by molar-refractivity contribution is 7.99. The maximum absolute atomic E-state index is 5.07. The van der Waals surface area contributed by atoms with Crippen molar-refractivity contribution in [1.82, 2.24) is 0 Å². The van der Waals surface area contributed by atoms with Gasteiger partial charge in [0.25, 0.3) is 0 Å². The summed E-state index contributed by atoms with van der Waals surface area (Å²) < 4.78 is 5.07. The number of methoxy groups -OCH3 is 1. The maximum Gasteiger partial charge on any atom is 0.0470 e. The lowest BCUT2D eigenvalue weighted by molar-refractivity contribution is 0.200. The molecule has 98 valence electrons. The summed E-state index contributed by atoms with van der Waals surface area (Å²) in [7, 11) is 1.77. The Morgan fingerprint density at radius 1 is 1.19 bits per heavy atom. The van der Waals surface area contributed by atoms with Crippen molar-refractivity contribution in [2.45, 2.75) is 46.0 Å². The van der Waals surface area contributed by atoms with Crippen molar-refractivity contribution in [2.75, 3.05) is 31.0 Å². The van der Waals surface area contributed by atoms with Gasteiger partial charge in [-0.2, -0.15) is 24.4 Å². The van der Waals surface area contributed by atoms with Crippen LogP contribution in [0.4, 0.5) is 0 Å². The molecular weight excluding hydrogens is 236 g/mol. The van der Waals surface area contributed by atoms with Crippen molar-refractivity contribution < 1.29 is 4.74 Å². The summed E-state index contributed by atoms with van der Waals surface area (Å²) >= 11 is 6.65. The van der Waals surface area contributed by atoms with Crippen LogP contribution in [0.2, 0.25) is 0 Å². The third kappa shape index (κ3) is 7.08. The summed E-state index contributed by atoms with van der Waals surface area (Å²) in [5, 5.41) is 0. The van der Waals surface area contributed by atoms with E-state index in [0.29, 0.717) is 5.41 Å². The summed E-state index contributed by atoms with van der Waals surface area (Å²) in [5.74, 6) is 3.52. The first kappa shape index (κ1) is 16.7. The van der Waals surface area contributed by atoms with Gasteiger partial charge < -0.3 is 4.74 Å². The Morgan fingerprint density at radius 3 is 2.25 bits per heavy atom. The summed E-state index contributed by atoms with van der Waals surface area (Å²) in [6.45, 7) is 5.45. The van der Waals surface area contributed by atoms with Gasteiger partial charge in [0.2, 0.25) is 0 Å². The molecule has 0 aliphatic carbocycles. The van der Waals surface area contributed by atoms with Crippen molar-refractivity contribution >= 4 is 24.4 Å². The Kier molecular flexibility index (Phi) is 11.2. The number of thioether (sulfide) groups is 1. The summed E-state index contributed by atoms with van der Waals surface area (Å²) in [4.78, 5) is 0. The molecular formula is C13H28OS2. The summed E-state index contributed by atoms with van der Waals surface area (Å²) in [5.41, 5.74) is 0.477. The van der Waals surface area contributed by atoms with Crippen LogP contribution in [0.25, 0.3) is 0 Å². The van der Waals surface area contributed by atoms with E-state index in [-0.39, 0.29) is 0 Å². The molecule has 0 aliphatic rings. The third-order valence-electron chi connectivity index (χ3n) is 2.94. The molecule has 0 amide bonds. The first-order valence-electron chi connectivity index (χ1n) is 6.42. The fourth-order valence-corrected chi connectivity index (χ4v) is 4.00. The van der Waals surface area contributed by atoms with Crippen LogP contribution < -0.4 is 0 Å². The van der Waals surface area contributed by atoms with Gasteiger partial charge in [-0.1, -0.05) is 26.7 Å². The molecule has 1 nitrogen and oxygen atoms in total. The number of ether oxygens (including phenoxy) is 1. The molecule has 0 aliphatic heterocycles. The molecule has 0 unspecified atom stereocenters. The van der Waals surface area contributed by atoms with E-state index in [1.54, 1.807) is 7.11 Å². The molecule has 0 aromatic rings. The van der Waals surface area contributed by atoms with Crippen LogP contribution in [-0.2, 0) is 4.74 Å². The molecule has 0 saturated carbocycles. The second kappa shape index (κ2) is 10.8. The quantitative estimate of drug-likeness (QED) is 0.441. The highest BCUT2D eigenvalue weighted by Gasteiger charge is 2.26. The lowest BCUT2D eigenvalue weighted by atomic mass is 9.83. The van der Waals surface area contributed by atoms with Gasteiger partial charge in [-0.15, -0.1) is 0 Å². The first-order chi connectivity index (χ1) is 7.74. The van der Waals surface area contributed by atoms with Gasteiger partial charge in [0.1, 0.15) is 0 Å². The van der Waals surface area contributed by atoms with Gasteiger partial charge in [-0.25, -0.2) is 0 Å². The molecule has 0 fully saturated rings. The second-order valence-corrected chi connectivity index (χ2v) is 5.98. The zero-order valence-electron chi connectivity index (χ0n) is 11.1. The van der Waals surface area contributed by atoms with E-state index < -0.39 is 0 Å². The van der Waals surface area contributed by atoms with Crippen LogP contribution in [0.3, 0.4) is 0 Å². The molecule has 0 rings (SSSR count). The third-order valence-corrected chi connectivity index (χ3v) is 5.01. The Hall–Kier alpha value is 0.660. The monoisotopic (exact) mass is 264 g/mol. The smallest absolute Gasteiger partial charge is 0.0470 e. The van der Waals surface area contributed by atoms with E-state index in [1.807, 2.05) is 0 Å². The Labute approximate surface area is 112 Å². The van der Waals surface area contributed by atoms with Gasteiger partial charge in [0.05, 0.1) is 0 Å². The molecule has 0 bridgehead atoms. The lowest BCUT2D eigenvalue weighted by Gasteiger charge is -2.31. The summed E-state index contributed by atoms with van der Waals surface area (Å²) in [6, 6.07) is 0. The van der Waals surface area contributed by atoms with Crippen molar-refractivity contribution in [2.24, 2.45) is 5.41 Å². The van der Waals surface area contributed by atoms with E-state index in [0.717, 1.165) is 12.4 Å². The first-order valence-corrected chi connectivity index (χ1v) is 8.21. The molecule has 0 spiro atoms. The maximum atomic E-state index is 5.07. The predicted molar refractivity (Wildman–Crippen MR) is 79.9 cm³/mol. The Bertz CT molecular complexity index is 145. The van der Waals surface area contributed by atoms with Crippen LogP contribution in [0, 0.1) is 5.41 Å². The van der Waals surface area contributed by atoms with Gasteiger partial charge in [-0.05, 0) is 41.9 Å². The molecule has 0 aromatic carbocycles. The van der Waals surface area contributed by atoms with Crippen LogP contribution in [0.15, 0.2) is 0 Å². The molecule has 0 N–H and O–H groups in total. The van der Waals surface area contributed by atoms with Crippen LogP contribution in [0.5, 0.6) is 0 Å². The molecule has 0 saturated heterocycles. The van der Waals surface area contributed by atoms with Crippen molar-refractivity contribution in [3.8, 4) is 0 Å². The minimum absolute atomic E-state index is 0.477. The zero-order valence-corrected chi connectivity index (χ0v) is 12.8. The van der Waals surface area contributed by atoms with Gasteiger partial charge in [-0.3, -0.25) is 0 Å². The average Bonchev–Trinajstić information content (AvgIpc) is 2.29. The average molecular weight is 264 g/mol. The Balaban J connectivity index is 3.89. The SMILES string of the molecule is CCCC(CS)(CCC)CSCCCOC. The second-order valence-electron chi connectivity index (χ2n) is 4.56. The topological polar surface area (TPSA) is 9.23 Å². The fraction of sp³-hybridized carbons (Fsp3) is 1.00. The van der Waals surface area contributed by atoms with E-state index in [2.05, 4.69) is 38.2 Å². The number of hydrogen-bond donors (Lipinski definition) is 1. The largest absolute Gasteiger partial charge is 0.385 e. The van der Waals surface area contributed by atoms with E-state index in [4.69, 9.17) is 4.74 Å². The lowest BCUT2D eigenvalue weighted by Crippen LogP contribution is -2.26. The van der Waals surface area contributed by atoms with Crippen LogP contribution in [0.1, 0.15) is 46.0 Å². The highest BCUT2D eigenvalue weighted by Crippen LogP contribution is 2.35. The predicted octanol–water partition coefficient (Wildman–Crippen LogP) is 4.27. The molecule has 3 heteroatoms. The van der Waals surface area contributed by atoms with Gasteiger partial charge in [0.15, 0.2) is 0 Å². The van der Waals surface area contributed by atoms with E-state index in [9.17, 15) is 0 Å². The van der Waals surface area contributed by atoms with Crippen molar-refractivity contribution in [3.63, 3.8) is 0 Å². The van der Waals surface area contributed by atoms with Gasteiger partial charge in [0, 0.05) is 13.7 Å². The molecule has 0 atom stereocenters. The standard InChI is InChI=1S/C13H28OS2/c1-4-7-13(11-15,8-5-2)12-16-10-6-9-14-3/h15H,4-12H2,1-3H3.